The van der Waals surface area contributed by atoms with Gasteiger partial charge in [-0.15, -0.1) is 11.3 Å². The number of hydrogen-bond acceptors (Lipinski definition) is 3. The lowest BCUT2D eigenvalue weighted by atomic mass is 9.93. The highest BCUT2D eigenvalue weighted by atomic mass is 79.9. The highest BCUT2D eigenvalue weighted by Gasteiger charge is 2.18. The molecule has 0 aliphatic rings. The summed E-state index contributed by atoms with van der Waals surface area (Å²) < 4.78 is 14.0. The molecule has 0 bridgehead atoms. The Kier molecular flexibility index (Phi) is 4.62. The normalized spacial score (nSPS) is 13.5. The lowest BCUT2D eigenvalue weighted by molar-refractivity contribution is 0.568. The first-order chi connectivity index (χ1) is 9.27. The summed E-state index contributed by atoms with van der Waals surface area (Å²) >= 11 is 4.76. The molecule has 1 atom stereocenters. The van der Waals surface area contributed by atoms with Crippen LogP contribution in [0, 0.1) is 5.82 Å². The maximum absolute atomic E-state index is 13.5. The Labute approximate surface area is 131 Å². The monoisotopic (exact) mass is 356 g/mol. The smallest absolute Gasteiger partial charge is 0.137 e. The van der Waals surface area contributed by atoms with Gasteiger partial charge < -0.3 is 5.73 Å². The van der Waals surface area contributed by atoms with Gasteiger partial charge in [-0.05, 0) is 33.6 Å². The van der Waals surface area contributed by atoms with Crippen molar-refractivity contribution in [1.82, 2.24) is 4.98 Å². The Morgan fingerprint density at radius 3 is 2.65 bits per heavy atom. The fraction of sp³-hybridized carbons (Fsp3) is 0.400. The minimum atomic E-state index is -0.285. The summed E-state index contributed by atoms with van der Waals surface area (Å²) in [4.78, 5) is 4.62. The van der Waals surface area contributed by atoms with Crippen LogP contribution in [-0.2, 0) is 11.8 Å². The molecule has 0 spiro atoms. The highest BCUT2D eigenvalue weighted by molar-refractivity contribution is 9.10. The third kappa shape index (κ3) is 3.65. The average Bonchev–Trinajstić information content (AvgIpc) is 2.81. The molecule has 108 valence electrons. The fourth-order valence-electron chi connectivity index (χ4n) is 1.80. The van der Waals surface area contributed by atoms with E-state index in [1.54, 1.807) is 17.4 Å². The molecule has 0 radical (unpaired) electrons. The molecule has 2 nitrogen and oxygen atoms in total. The van der Waals surface area contributed by atoms with E-state index in [9.17, 15) is 4.39 Å². The van der Waals surface area contributed by atoms with Crippen molar-refractivity contribution >= 4 is 27.3 Å². The summed E-state index contributed by atoms with van der Waals surface area (Å²) in [5, 5.41) is 3.07. The van der Waals surface area contributed by atoms with Crippen LogP contribution in [0.15, 0.2) is 28.1 Å². The van der Waals surface area contributed by atoms with Crippen LogP contribution < -0.4 is 5.73 Å². The van der Waals surface area contributed by atoms with Gasteiger partial charge in [0.25, 0.3) is 0 Å². The van der Waals surface area contributed by atoms with Gasteiger partial charge in [0, 0.05) is 23.3 Å². The number of benzene rings is 1. The molecule has 0 aliphatic carbocycles. The van der Waals surface area contributed by atoms with E-state index in [1.807, 2.05) is 6.07 Å². The maximum Gasteiger partial charge on any atom is 0.137 e. The first-order valence-electron chi connectivity index (χ1n) is 6.43. The molecule has 5 heteroatoms. The van der Waals surface area contributed by atoms with Crippen LogP contribution in [0.4, 0.5) is 4.39 Å². The minimum Gasteiger partial charge on any atom is -0.324 e. The summed E-state index contributed by atoms with van der Waals surface area (Å²) in [6.07, 6.45) is 0.627. The van der Waals surface area contributed by atoms with Gasteiger partial charge in [-0.2, -0.15) is 0 Å². The Morgan fingerprint density at radius 1 is 1.40 bits per heavy atom. The number of hydrogen-bond donors (Lipinski definition) is 1. The second-order valence-corrected chi connectivity index (χ2v) is 7.66. The predicted octanol–water partition coefficient (Wildman–Crippen LogP) is 4.58. The molecule has 1 unspecified atom stereocenters. The van der Waals surface area contributed by atoms with E-state index in [1.165, 1.54) is 6.07 Å². The minimum absolute atomic E-state index is 0.0442. The molecule has 0 fully saturated rings. The van der Waals surface area contributed by atoms with Gasteiger partial charge in [0.2, 0.25) is 0 Å². The van der Waals surface area contributed by atoms with E-state index < -0.39 is 0 Å². The first kappa shape index (κ1) is 15.6. The number of rotatable bonds is 3. The van der Waals surface area contributed by atoms with E-state index in [-0.39, 0.29) is 17.3 Å². The molecule has 1 aromatic heterocycles. The zero-order valence-corrected chi connectivity index (χ0v) is 14.2. The lowest BCUT2D eigenvalue weighted by Crippen LogP contribution is -2.15. The van der Waals surface area contributed by atoms with Crippen molar-refractivity contribution in [1.29, 1.82) is 0 Å². The van der Waals surface area contributed by atoms with Crippen molar-refractivity contribution in [3.8, 4) is 0 Å². The number of nitrogens with zero attached hydrogens (tertiary/aromatic N) is 1. The van der Waals surface area contributed by atoms with Gasteiger partial charge in [0.15, 0.2) is 0 Å². The van der Waals surface area contributed by atoms with Gasteiger partial charge in [-0.3, -0.25) is 0 Å². The third-order valence-electron chi connectivity index (χ3n) is 3.09. The van der Waals surface area contributed by atoms with Crippen LogP contribution >= 0.6 is 27.3 Å². The topological polar surface area (TPSA) is 38.9 Å². The molecule has 20 heavy (non-hydrogen) atoms. The van der Waals surface area contributed by atoms with Crippen LogP contribution in [0.1, 0.15) is 43.1 Å². The molecule has 1 aromatic carbocycles. The molecular formula is C15H18BrFN2S. The van der Waals surface area contributed by atoms with Gasteiger partial charge in [0.1, 0.15) is 5.82 Å². The van der Waals surface area contributed by atoms with Crippen molar-refractivity contribution in [2.45, 2.75) is 38.6 Å². The van der Waals surface area contributed by atoms with Crippen LogP contribution in [-0.4, -0.2) is 4.98 Å². The van der Waals surface area contributed by atoms with E-state index >= 15 is 0 Å². The Hall–Kier alpha value is -0.780. The molecule has 0 amide bonds. The van der Waals surface area contributed by atoms with Gasteiger partial charge >= 0.3 is 0 Å². The maximum atomic E-state index is 13.5. The van der Waals surface area contributed by atoms with Crippen LogP contribution in [0.2, 0.25) is 0 Å². The highest BCUT2D eigenvalue weighted by Crippen LogP contribution is 2.27. The van der Waals surface area contributed by atoms with Gasteiger partial charge in [-0.1, -0.05) is 26.8 Å². The van der Waals surface area contributed by atoms with Crippen molar-refractivity contribution in [2.24, 2.45) is 5.73 Å². The van der Waals surface area contributed by atoms with Crippen LogP contribution in [0.3, 0.4) is 0 Å². The van der Waals surface area contributed by atoms with Crippen LogP contribution in [0.5, 0.6) is 0 Å². The van der Waals surface area contributed by atoms with E-state index in [4.69, 9.17) is 5.73 Å². The molecule has 1 heterocycles. The second kappa shape index (κ2) is 5.92. The summed E-state index contributed by atoms with van der Waals surface area (Å²) in [5.41, 5.74) is 8.06. The predicted molar refractivity (Wildman–Crippen MR) is 85.5 cm³/mol. The average molecular weight is 357 g/mol. The molecule has 0 aliphatic heterocycles. The quantitative estimate of drug-likeness (QED) is 0.873. The molecule has 2 aromatic rings. The van der Waals surface area contributed by atoms with Crippen molar-refractivity contribution in [3.63, 3.8) is 0 Å². The summed E-state index contributed by atoms with van der Waals surface area (Å²) in [6.45, 7) is 6.40. The Morgan fingerprint density at radius 2 is 2.10 bits per heavy atom. The van der Waals surface area contributed by atoms with E-state index in [2.05, 4.69) is 47.1 Å². The zero-order valence-electron chi connectivity index (χ0n) is 11.8. The van der Waals surface area contributed by atoms with Crippen LogP contribution in [0.25, 0.3) is 0 Å². The molecular weight excluding hydrogens is 339 g/mol. The molecule has 2 N–H and O–H groups in total. The summed E-state index contributed by atoms with van der Waals surface area (Å²) in [6, 6.07) is 4.77. The first-order valence-corrected chi connectivity index (χ1v) is 8.10. The van der Waals surface area contributed by atoms with E-state index in [0.717, 1.165) is 16.3 Å². The van der Waals surface area contributed by atoms with E-state index in [0.29, 0.717) is 10.9 Å². The largest absolute Gasteiger partial charge is 0.324 e. The van der Waals surface area contributed by atoms with Gasteiger partial charge in [-0.25, -0.2) is 9.37 Å². The summed E-state index contributed by atoms with van der Waals surface area (Å²) in [5.74, 6) is -0.285. The Bertz CT molecular complexity index is 604. The van der Waals surface area contributed by atoms with Gasteiger partial charge in [0.05, 0.1) is 15.2 Å². The Balaban J connectivity index is 2.13. The molecule has 0 saturated carbocycles. The molecule has 0 saturated heterocycles. The fourth-order valence-corrected chi connectivity index (χ4v) is 3.13. The van der Waals surface area contributed by atoms with Crippen molar-refractivity contribution in [2.75, 3.05) is 0 Å². The van der Waals surface area contributed by atoms with Crippen molar-refractivity contribution in [3.05, 3.63) is 50.1 Å². The number of nitrogens with two attached hydrogens (primary N) is 1. The number of aromatic nitrogens is 1. The lowest BCUT2D eigenvalue weighted by Gasteiger charge is -2.14. The summed E-state index contributed by atoms with van der Waals surface area (Å²) in [7, 11) is 0. The van der Waals surface area contributed by atoms with Crippen molar-refractivity contribution < 1.29 is 4.39 Å². The standard InChI is InChI=1S/C15H18BrFN2S/c1-15(2,3)13-8-20-14(19-13)7-12(18)9-4-5-10(16)11(17)6-9/h4-6,8,12H,7,18H2,1-3H3. The number of thiazole rings is 1. The third-order valence-corrected chi connectivity index (χ3v) is 4.60. The SMILES string of the molecule is CC(C)(C)c1csc(CC(N)c2ccc(Br)c(F)c2)n1. The zero-order chi connectivity index (χ0) is 14.9. The number of halogens is 2. The second-order valence-electron chi connectivity index (χ2n) is 5.86. The molecule has 2 rings (SSSR count).